The first-order valence-corrected chi connectivity index (χ1v) is 10.2. The predicted molar refractivity (Wildman–Crippen MR) is 114 cm³/mol. The quantitative estimate of drug-likeness (QED) is 0.753. The maximum atomic E-state index is 13.1. The molecule has 0 aromatic heterocycles. The molecule has 2 atom stereocenters. The van der Waals surface area contributed by atoms with Gasteiger partial charge in [0.05, 0.1) is 7.11 Å². The first kappa shape index (κ1) is 22.1. The highest BCUT2D eigenvalue weighted by molar-refractivity contribution is 5.78. The molecule has 3 rings (SSSR count). The molecule has 1 amide bonds. The largest absolute Gasteiger partial charge is 0.493 e. The summed E-state index contributed by atoms with van der Waals surface area (Å²) in [5.74, 6) is 0.806. The van der Waals surface area contributed by atoms with Crippen molar-refractivity contribution >= 4 is 5.91 Å². The van der Waals surface area contributed by atoms with E-state index >= 15 is 0 Å². The highest BCUT2D eigenvalue weighted by Gasteiger charge is 2.32. The van der Waals surface area contributed by atoms with E-state index in [1.54, 1.807) is 25.3 Å². The first-order chi connectivity index (χ1) is 14.4. The summed E-state index contributed by atoms with van der Waals surface area (Å²) >= 11 is 0. The second-order valence-corrected chi connectivity index (χ2v) is 7.78. The molecule has 162 valence electrons. The molecule has 0 bridgehead atoms. The highest BCUT2D eigenvalue weighted by atomic mass is 19.1. The summed E-state index contributed by atoms with van der Waals surface area (Å²) in [5, 5.41) is 0. The zero-order chi connectivity index (χ0) is 21.7. The minimum absolute atomic E-state index is 0.0483. The van der Waals surface area contributed by atoms with Crippen LogP contribution in [-0.2, 0) is 17.9 Å². The van der Waals surface area contributed by atoms with Crippen LogP contribution in [0.25, 0.3) is 0 Å². The summed E-state index contributed by atoms with van der Waals surface area (Å²) < 4.78 is 24.2. The smallest absolute Gasteiger partial charge is 0.260 e. The Morgan fingerprint density at radius 2 is 1.77 bits per heavy atom. The summed E-state index contributed by atoms with van der Waals surface area (Å²) in [4.78, 5) is 17.0. The molecule has 1 saturated heterocycles. The number of rotatable bonds is 7. The van der Waals surface area contributed by atoms with Crippen LogP contribution in [0.4, 0.5) is 4.39 Å². The fraction of sp³-hybridized carbons (Fsp3) is 0.435. The highest BCUT2D eigenvalue weighted by Crippen LogP contribution is 2.28. The molecule has 0 radical (unpaired) electrons. The molecule has 0 saturated carbocycles. The van der Waals surface area contributed by atoms with Gasteiger partial charge in [0, 0.05) is 38.3 Å². The van der Waals surface area contributed by atoms with E-state index in [4.69, 9.17) is 15.2 Å². The Morgan fingerprint density at radius 3 is 2.43 bits per heavy atom. The third-order valence-electron chi connectivity index (χ3n) is 5.55. The van der Waals surface area contributed by atoms with Crippen LogP contribution in [0.3, 0.4) is 0 Å². The third kappa shape index (κ3) is 5.29. The molecule has 1 heterocycles. The standard InChI is InChI=1S/C23H30FN3O3/c1-16-13-27(17(2)12-26(16)14-18-4-7-20(24)8-5-18)23(28)15-30-21-9-6-19(11-25)10-22(21)29-3/h4-10,16-17H,11-15,25H2,1-3H3/t16-,17+/m1/s1. The number of carbonyl (C=O) groups is 1. The van der Waals surface area contributed by atoms with Crippen LogP contribution in [-0.4, -0.2) is 54.6 Å². The number of methoxy groups -OCH3 is 1. The maximum Gasteiger partial charge on any atom is 0.260 e. The topological polar surface area (TPSA) is 68.0 Å². The van der Waals surface area contributed by atoms with Gasteiger partial charge in [-0.25, -0.2) is 4.39 Å². The normalized spacial score (nSPS) is 19.6. The number of benzene rings is 2. The van der Waals surface area contributed by atoms with E-state index in [-0.39, 0.29) is 30.4 Å². The molecule has 1 fully saturated rings. The Labute approximate surface area is 177 Å². The van der Waals surface area contributed by atoms with Crippen LogP contribution in [0.1, 0.15) is 25.0 Å². The molecule has 6 nitrogen and oxygen atoms in total. The molecule has 1 aliphatic heterocycles. The molecular weight excluding hydrogens is 385 g/mol. The van der Waals surface area contributed by atoms with Crippen molar-refractivity contribution < 1.29 is 18.7 Å². The SMILES string of the molecule is COc1cc(CN)ccc1OCC(=O)N1C[C@@H](C)N(Cc2ccc(F)cc2)C[C@@H]1C. The van der Waals surface area contributed by atoms with Crippen molar-refractivity contribution in [3.63, 3.8) is 0 Å². The maximum absolute atomic E-state index is 13.1. The van der Waals surface area contributed by atoms with E-state index < -0.39 is 0 Å². The molecule has 7 heteroatoms. The number of amides is 1. The number of nitrogens with zero attached hydrogens (tertiary/aromatic N) is 2. The molecule has 2 aromatic rings. The Balaban J connectivity index is 1.58. The third-order valence-corrected chi connectivity index (χ3v) is 5.55. The average molecular weight is 416 g/mol. The lowest BCUT2D eigenvalue weighted by atomic mass is 10.1. The van der Waals surface area contributed by atoms with E-state index in [1.807, 2.05) is 24.0 Å². The van der Waals surface area contributed by atoms with Crippen molar-refractivity contribution in [1.82, 2.24) is 9.80 Å². The molecular formula is C23H30FN3O3. The van der Waals surface area contributed by atoms with Crippen molar-refractivity contribution in [3.8, 4) is 11.5 Å². The van der Waals surface area contributed by atoms with Crippen LogP contribution < -0.4 is 15.2 Å². The van der Waals surface area contributed by atoms with Gasteiger partial charge in [0.15, 0.2) is 18.1 Å². The van der Waals surface area contributed by atoms with Gasteiger partial charge in [0.25, 0.3) is 5.91 Å². The van der Waals surface area contributed by atoms with Crippen LogP contribution in [0.2, 0.25) is 0 Å². The van der Waals surface area contributed by atoms with Crippen molar-refractivity contribution in [3.05, 3.63) is 59.4 Å². The lowest BCUT2D eigenvalue weighted by Crippen LogP contribution is -2.58. The molecule has 0 aliphatic carbocycles. The van der Waals surface area contributed by atoms with Gasteiger partial charge in [-0.05, 0) is 49.2 Å². The molecule has 2 N–H and O–H groups in total. The summed E-state index contributed by atoms with van der Waals surface area (Å²) in [6.07, 6.45) is 0. The summed E-state index contributed by atoms with van der Waals surface area (Å²) in [6, 6.07) is 12.3. The van der Waals surface area contributed by atoms with E-state index in [0.717, 1.165) is 24.2 Å². The van der Waals surface area contributed by atoms with Gasteiger partial charge < -0.3 is 20.1 Å². The van der Waals surface area contributed by atoms with Crippen molar-refractivity contribution in [2.75, 3.05) is 26.8 Å². The molecule has 1 aliphatic rings. The van der Waals surface area contributed by atoms with Gasteiger partial charge in [-0.1, -0.05) is 18.2 Å². The van der Waals surface area contributed by atoms with Crippen LogP contribution in [0.5, 0.6) is 11.5 Å². The monoisotopic (exact) mass is 415 g/mol. The van der Waals surface area contributed by atoms with Gasteiger partial charge in [0.2, 0.25) is 0 Å². The molecule has 30 heavy (non-hydrogen) atoms. The zero-order valence-electron chi connectivity index (χ0n) is 17.8. The predicted octanol–water partition coefficient (Wildman–Crippen LogP) is 2.79. The van der Waals surface area contributed by atoms with Gasteiger partial charge in [0.1, 0.15) is 5.82 Å². The lowest BCUT2D eigenvalue weighted by Gasteiger charge is -2.44. The molecule has 0 unspecified atom stereocenters. The van der Waals surface area contributed by atoms with Crippen LogP contribution in [0, 0.1) is 5.82 Å². The minimum Gasteiger partial charge on any atom is -0.493 e. The van der Waals surface area contributed by atoms with E-state index in [0.29, 0.717) is 24.6 Å². The number of halogens is 1. The summed E-state index contributed by atoms with van der Waals surface area (Å²) in [5.41, 5.74) is 7.66. The fourth-order valence-corrected chi connectivity index (χ4v) is 3.77. The second kappa shape index (κ2) is 9.91. The zero-order valence-corrected chi connectivity index (χ0v) is 17.8. The fourth-order valence-electron chi connectivity index (χ4n) is 3.77. The van der Waals surface area contributed by atoms with Gasteiger partial charge in [-0.15, -0.1) is 0 Å². The average Bonchev–Trinajstić information content (AvgIpc) is 2.75. The number of carbonyl (C=O) groups excluding carboxylic acids is 1. The van der Waals surface area contributed by atoms with Crippen LogP contribution in [0.15, 0.2) is 42.5 Å². The minimum atomic E-state index is -0.232. The van der Waals surface area contributed by atoms with Crippen LogP contribution >= 0.6 is 0 Å². The Bertz CT molecular complexity index is 859. The van der Waals surface area contributed by atoms with E-state index in [2.05, 4.69) is 11.8 Å². The molecule has 0 spiro atoms. The van der Waals surface area contributed by atoms with Crippen molar-refractivity contribution in [2.45, 2.75) is 39.0 Å². The van der Waals surface area contributed by atoms with E-state index in [1.165, 1.54) is 12.1 Å². The number of ether oxygens (including phenoxy) is 2. The number of nitrogens with two attached hydrogens (primary N) is 1. The molecule has 2 aromatic carbocycles. The lowest BCUT2D eigenvalue weighted by molar-refractivity contribution is -0.139. The van der Waals surface area contributed by atoms with Gasteiger partial charge in [-0.3, -0.25) is 9.69 Å². The Kier molecular flexibility index (Phi) is 7.29. The van der Waals surface area contributed by atoms with Crippen molar-refractivity contribution in [1.29, 1.82) is 0 Å². The van der Waals surface area contributed by atoms with Gasteiger partial charge in [-0.2, -0.15) is 0 Å². The second-order valence-electron chi connectivity index (χ2n) is 7.78. The number of piperazine rings is 1. The Morgan fingerprint density at radius 1 is 1.07 bits per heavy atom. The van der Waals surface area contributed by atoms with Crippen molar-refractivity contribution in [2.24, 2.45) is 5.73 Å². The Hall–Kier alpha value is -2.64. The van der Waals surface area contributed by atoms with Gasteiger partial charge >= 0.3 is 0 Å². The number of hydrogen-bond acceptors (Lipinski definition) is 5. The van der Waals surface area contributed by atoms with E-state index in [9.17, 15) is 9.18 Å². The number of hydrogen-bond donors (Lipinski definition) is 1. The summed E-state index contributed by atoms with van der Waals surface area (Å²) in [7, 11) is 1.56. The summed E-state index contributed by atoms with van der Waals surface area (Å²) in [6.45, 7) is 6.60. The first-order valence-electron chi connectivity index (χ1n) is 10.2.